The maximum atomic E-state index is 13.8. The Morgan fingerprint density at radius 2 is 1.62 bits per heavy atom. The van der Waals surface area contributed by atoms with E-state index in [0.717, 1.165) is 28.2 Å². The third-order valence-corrected chi connectivity index (χ3v) is 5.91. The third kappa shape index (κ3) is 3.45. The van der Waals surface area contributed by atoms with E-state index in [4.69, 9.17) is 0 Å². The number of pyridine rings is 1. The second-order valence-corrected chi connectivity index (χ2v) is 7.43. The molecule has 1 saturated heterocycles. The van der Waals surface area contributed by atoms with Gasteiger partial charge in [0.05, 0.1) is 5.69 Å². The van der Waals surface area contributed by atoms with Gasteiger partial charge in [0.15, 0.2) is 4.90 Å². The van der Waals surface area contributed by atoms with Gasteiger partial charge in [-0.2, -0.15) is 4.31 Å². The summed E-state index contributed by atoms with van der Waals surface area (Å²) in [5.41, 5.74) is 0.897. The summed E-state index contributed by atoms with van der Waals surface area (Å²) in [7, 11) is -4.18. The summed E-state index contributed by atoms with van der Waals surface area (Å²) in [6.07, 6.45) is 1.71. The summed E-state index contributed by atoms with van der Waals surface area (Å²) in [5.74, 6) is -2.13. The molecule has 1 fully saturated rings. The van der Waals surface area contributed by atoms with E-state index in [1.165, 1.54) is 0 Å². The van der Waals surface area contributed by atoms with Crippen LogP contribution in [-0.2, 0) is 16.6 Å². The minimum atomic E-state index is -4.18. The van der Waals surface area contributed by atoms with Crippen molar-refractivity contribution in [3.8, 4) is 0 Å². The van der Waals surface area contributed by atoms with Crippen LogP contribution in [0.15, 0.2) is 47.5 Å². The number of hydrogen-bond donors (Lipinski definition) is 0. The summed E-state index contributed by atoms with van der Waals surface area (Å²) in [6, 6.07) is 8.67. The van der Waals surface area contributed by atoms with Crippen LogP contribution < -0.4 is 0 Å². The molecule has 0 saturated carbocycles. The summed E-state index contributed by atoms with van der Waals surface area (Å²) in [6.45, 7) is 1.94. The van der Waals surface area contributed by atoms with Crippen LogP contribution in [0.1, 0.15) is 5.69 Å². The lowest BCUT2D eigenvalue weighted by molar-refractivity contribution is 0.179. The van der Waals surface area contributed by atoms with Gasteiger partial charge in [0.25, 0.3) is 0 Å². The Labute approximate surface area is 139 Å². The Hall–Kier alpha value is -1.90. The predicted octanol–water partition coefficient (Wildman–Crippen LogP) is 1.87. The molecule has 128 valence electrons. The van der Waals surface area contributed by atoms with Crippen LogP contribution in [0.4, 0.5) is 8.78 Å². The van der Waals surface area contributed by atoms with Crippen molar-refractivity contribution in [2.24, 2.45) is 0 Å². The molecule has 3 rings (SSSR count). The average Bonchev–Trinajstić information content (AvgIpc) is 2.56. The largest absolute Gasteiger partial charge is 0.295 e. The fraction of sp³-hybridized carbons (Fsp3) is 0.312. The number of hydrogen-bond acceptors (Lipinski definition) is 4. The second-order valence-electron chi connectivity index (χ2n) is 5.55. The molecule has 1 aromatic carbocycles. The molecule has 5 nitrogen and oxygen atoms in total. The Bertz CT molecular complexity index is 787. The molecule has 1 aromatic heterocycles. The molecule has 2 heterocycles. The van der Waals surface area contributed by atoms with E-state index in [0.29, 0.717) is 19.6 Å². The number of sulfonamides is 1. The molecule has 0 atom stereocenters. The molecule has 0 N–H and O–H groups in total. The smallest absolute Gasteiger partial charge is 0.249 e. The maximum Gasteiger partial charge on any atom is 0.249 e. The van der Waals surface area contributed by atoms with Crippen LogP contribution >= 0.6 is 0 Å². The SMILES string of the molecule is O=S(=O)(c1c(F)cccc1F)N1CCN(Cc2ccccn2)CC1. The summed E-state index contributed by atoms with van der Waals surface area (Å²) < 4.78 is 53.7. The number of piperazine rings is 1. The Balaban J connectivity index is 1.70. The van der Waals surface area contributed by atoms with Gasteiger partial charge in [-0.25, -0.2) is 17.2 Å². The lowest BCUT2D eigenvalue weighted by atomic mass is 10.3. The van der Waals surface area contributed by atoms with Crippen LogP contribution in [-0.4, -0.2) is 48.8 Å². The van der Waals surface area contributed by atoms with Crippen molar-refractivity contribution in [3.05, 3.63) is 59.9 Å². The van der Waals surface area contributed by atoms with Crippen LogP contribution in [0.25, 0.3) is 0 Å². The monoisotopic (exact) mass is 353 g/mol. The minimum absolute atomic E-state index is 0.183. The van der Waals surface area contributed by atoms with Crippen molar-refractivity contribution in [1.82, 2.24) is 14.2 Å². The first-order valence-electron chi connectivity index (χ1n) is 7.55. The standard InChI is InChI=1S/C16H17F2N3O2S/c17-14-5-3-6-15(18)16(14)24(22,23)21-10-8-20(9-11-21)12-13-4-1-2-7-19-13/h1-7H,8-12H2. The Morgan fingerprint density at radius 1 is 0.958 bits per heavy atom. The molecule has 0 spiro atoms. The third-order valence-electron chi connectivity index (χ3n) is 3.96. The molecule has 2 aromatic rings. The van der Waals surface area contributed by atoms with Crippen LogP contribution in [0.2, 0.25) is 0 Å². The molecule has 1 aliphatic heterocycles. The normalized spacial score (nSPS) is 17.1. The molecule has 8 heteroatoms. The van der Waals surface area contributed by atoms with Gasteiger partial charge >= 0.3 is 0 Å². The quantitative estimate of drug-likeness (QED) is 0.842. The predicted molar refractivity (Wildman–Crippen MR) is 84.6 cm³/mol. The summed E-state index contributed by atoms with van der Waals surface area (Å²) in [4.78, 5) is 5.43. The van der Waals surface area contributed by atoms with Crippen LogP contribution in [0, 0.1) is 11.6 Å². The number of benzene rings is 1. The summed E-state index contributed by atoms with van der Waals surface area (Å²) >= 11 is 0. The van der Waals surface area contributed by atoms with E-state index in [9.17, 15) is 17.2 Å². The van der Waals surface area contributed by atoms with E-state index in [2.05, 4.69) is 9.88 Å². The van der Waals surface area contributed by atoms with Gasteiger partial charge in [-0.15, -0.1) is 0 Å². The molecule has 1 aliphatic rings. The van der Waals surface area contributed by atoms with Crippen molar-refractivity contribution < 1.29 is 17.2 Å². The lowest BCUT2D eigenvalue weighted by Gasteiger charge is -2.33. The molecular weight excluding hydrogens is 336 g/mol. The van der Waals surface area contributed by atoms with Gasteiger partial charge in [0.2, 0.25) is 10.0 Å². The fourth-order valence-corrected chi connectivity index (χ4v) is 4.24. The molecule has 0 unspecified atom stereocenters. The second kappa shape index (κ2) is 6.92. The Kier molecular flexibility index (Phi) is 4.88. The van der Waals surface area contributed by atoms with Gasteiger partial charge in [-0.1, -0.05) is 12.1 Å². The van der Waals surface area contributed by atoms with E-state index < -0.39 is 26.6 Å². The first kappa shape index (κ1) is 16.9. The number of nitrogens with zero attached hydrogens (tertiary/aromatic N) is 3. The number of aromatic nitrogens is 1. The first-order valence-corrected chi connectivity index (χ1v) is 8.99. The zero-order chi connectivity index (χ0) is 17.2. The number of halogens is 2. The van der Waals surface area contributed by atoms with Crippen molar-refractivity contribution in [1.29, 1.82) is 0 Å². The minimum Gasteiger partial charge on any atom is -0.295 e. The lowest BCUT2D eigenvalue weighted by Crippen LogP contribution is -2.48. The average molecular weight is 353 g/mol. The number of rotatable bonds is 4. The molecular formula is C16H17F2N3O2S. The van der Waals surface area contributed by atoms with Gasteiger partial charge in [0.1, 0.15) is 11.6 Å². The molecule has 0 bridgehead atoms. The van der Waals surface area contributed by atoms with Crippen molar-refractivity contribution in [2.45, 2.75) is 11.4 Å². The van der Waals surface area contributed by atoms with Gasteiger partial charge in [-0.3, -0.25) is 9.88 Å². The van der Waals surface area contributed by atoms with Gasteiger partial charge in [0, 0.05) is 38.9 Å². The molecule has 24 heavy (non-hydrogen) atoms. The van der Waals surface area contributed by atoms with Gasteiger partial charge < -0.3 is 0 Å². The van der Waals surface area contributed by atoms with Gasteiger partial charge in [-0.05, 0) is 24.3 Å². The zero-order valence-corrected chi connectivity index (χ0v) is 13.7. The topological polar surface area (TPSA) is 53.5 Å². The van der Waals surface area contributed by atoms with E-state index in [1.807, 2.05) is 18.2 Å². The molecule has 0 radical (unpaired) electrons. The van der Waals surface area contributed by atoms with E-state index >= 15 is 0 Å². The Morgan fingerprint density at radius 3 is 2.21 bits per heavy atom. The highest BCUT2D eigenvalue weighted by Gasteiger charge is 2.33. The van der Waals surface area contributed by atoms with Crippen molar-refractivity contribution in [3.63, 3.8) is 0 Å². The maximum absolute atomic E-state index is 13.8. The fourth-order valence-electron chi connectivity index (χ4n) is 2.71. The van der Waals surface area contributed by atoms with Crippen LogP contribution in [0.3, 0.4) is 0 Å². The van der Waals surface area contributed by atoms with Crippen molar-refractivity contribution in [2.75, 3.05) is 26.2 Å². The molecule has 0 amide bonds. The van der Waals surface area contributed by atoms with E-state index in [1.54, 1.807) is 6.20 Å². The highest BCUT2D eigenvalue weighted by atomic mass is 32.2. The highest BCUT2D eigenvalue weighted by Crippen LogP contribution is 2.23. The molecule has 0 aliphatic carbocycles. The first-order chi connectivity index (χ1) is 11.5. The van der Waals surface area contributed by atoms with E-state index in [-0.39, 0.29) is 13.1 Å². The summed E-state index contributed by atoms with van der Waals surface area (Å²) in [5, 5.41) is 0. The highest BCUT2D eigenvalue weighted by molar-refractivity contribution is 7.89. The zero-order valence-electron chi connectivity index (χ0n) is 12.9. The van der Waals surface area contributed by atoms with Crippen LogP contribution in [0.5, 0.6) is 0 Å². The van der Waals surface area contributed by atoms with Crippen molar-refractivity contribution >= 4 is 10.0 Å².